The van der Waals surface area contributed by atoms with Gasteiger partial charge in [0.2, 0.25) is 17.7 Å². The highest BCUT2D eigenvalue weighted by molar-refractivity contribution is 5.99. The quantitative estimate of drug-likeness (QED) is 0.539. The van der Waals surface area contributed by atoms with Crippen LogP contribution in [0.2, 0.25) is 0 Å². The number of anilines is 1. The molecule has 1 saturated heterocycles. The van der Waals surface area contributed by atoms with E-state index in [1.807, 2.05) is 31.4 Å². The van der Waals surface area contributed by atoms with Crippen molar-refractivity contribution < 1.29 is 9.53 Å². The molecule has 1 aliphatic rings. The number of piperidine rings is 1. The van der Waals surface area contributed by atoms with Gasteiger partial charge in [-0.2, -0.15) is 9.97 Å². The summed E-state index contributed by atoms with van der Waals surface area (Å²) in [6, 6.07) is 6.04. The van der Waals surface area contributed by atoms with Crippen molar-refractivity contribution in [2.45, 2.75) is 18.9 Å². The van der Waals surface area contributed by atoms with E-state index in [9.17, 15) is 4.79 Å². The van der Waals surface area contributed by atoms with Gasteiger partial charge in [0.1, 0.15) is 5.65 Å². The Balaban J connectivity index is 1.52. The number of ether oxygens (including phenoxy) is 1. The van der Waals surface area contributed by atoms with Crippen molar-refractivity contribution in [3.8, 4) is 17.0 Å². The molecule has 1 atom stereocenters. The molecule has 1 amide bonds. The number of methoxy groups -OCH3 is 1. The summed E-state index contributed by atoms with van der Waals surface area (Å²) in [6.07, 6.45) is 6.53. The first-order valence-corrected chi connectivity index (χ1v) is 9.77. The first-order chi connectivity index (χ1) is 14.6. The molecule has 1 fully saturated rings. The Kier molecular flexibility index (Phi) is 4.42. The minimum Gasteiger partial charge on any atom is -0.480 e. The van der Waals surface area contributed by atoms with Crippen molar-refractivity contribution in [1.29, 1.82) is 0 Å². The van der Waals surface area contributed by atoms with Crippen molar-refractivity contribution >= 4 is 33.9 Å². The second-order valence-corrected chi connectivity index (χ2v) is 7.40. The van der Waals surface area contributed by atoms with Gasteiger partial charge in [-0.1, -0.05) is 6.07 Å². The average molecular weight is 403 g/mol. The molecule has 3 aromatic heterocycles. The van der Waals surface area contributed by atoms with Crippen LogP contribution in [0.3, 0.4) is 0 Å². The molecule has 9 nitrogen and oxygen atoms in total. The van der Waals surface area contributed by atoms with Crippen molar-refractivity contribution in [3.05, 3.63) is 36.8 Å². The van der Waals surface area contributed by atoms with Crippen molar-refractivity contribution in [1.82, 2.24) is 29.8 Å². The third-order valence-electron chi connectivity index (χ3n) is 5.43. The van der Waals surface area contributed by atoms with Gasteiger partial charge in [0.05, 0.1) is 23.5 Å². The molecule has 0 aliphatic carbocycles. The molecule has 4 aromatic rings. The number of nitrogens with zero attached hydrogens (tertiary/aromatic N) is 5. The first kappa shape index (κ1) is 18.3. The van der Waals surface area contributed by atoms with Crippen LogP contribution in [0.4, 0.5) is 5.95 Å². The van der Waals surface area contributed by atoms with Crippen molar-refractivity contribution in [2.75, 3.05) is 26.0 Å². The number of aromatic nitrogens is 5. The Bertz CT molecular complexity index is 1250. The largest absolute Gasteiger partial charge is 0.480 e. The molecule has 9 heteroatoms. The Morgan fingerprint density at radius 1 is 1.20 bits per heavy atom. The Morgan fingerprint density at radius 3 is 2.83 bits per heavy atom. The zero-order chi connectivity index (χ0) is 20.7. The monoisotopic (exact) mass is 403 g/mol. The number of likely N-dealkylation sites (tertiary alicyclic amines) is 1. The van der Waals surface area contributed by atoms with Gasteiger partial charge < -0.3 is 19.9 Å². The summed E-state index contributed by atoms with van der Waals surface area (Å²) in [5, 5.41) is 4.15. The highest BCUT2D eigenvalue weighted by Crippen LogP contribution is 2.35. The number of hydrogen-bond acceptors (Lipinski definition) is 7. The fourth-order valence-corrected chi connectivity index (χ4v) is 3.88. The lowest BCUT2D eigenvalue weighted by Gasteiger charge is -2.30. The highest BCUT2D eigenvalue weighted by Gasteiger charge is 2.24. The lowest BCUT2D eigenvalue weighted by Crippen LogP contribution is -2.43. The van der Waals surface area contributed by atoms with Crippen molar-refractivity contribution in [3.63, 3.8) is 0 Å². The maximum Gasteiger partial charge on any atom is 0.228 e. The van der Waals surface area contributed by atoms with Gasteiger partial charge >= 0.3 is 0 Å². The number of likely N-dealkylation sites (N-methyl/N-ethyl adjacent to an activating group) is 1. The second-order valence-electron chi connectivity index (χ2n) is 7.40. The number of fused-ring (bicyclic) bond motifs is 2. The molecule has 0 bridgehead atoms. The van der Waals surface area contributed by atoms with Gasteiger partial charge in [-0.05, 0) is 24.1 Å². The molecule has 2 N–H and O–H groups in total. The molecule has 0 unspecified atom stereocenters. The second kappa shape index (κ2) is 7.25. The molecule has 0 radical (unpaired) electrons. The molecule has 152 valence electrons. The SMILES string of the molecule is COc1nc(N[C@@H]2CCC(=O)N(C)C2)nc2[nH]cc(-c3ccc4nccnc4c3)c12. The van der Waals surface area contributed by atoms with E-state index in [-0.39, 0.29) is 11.9 Å². The zero-order valence-electron chi connectivity index (χ0n) is 16.7. The van der Waals surface area contributed by atoms with Crippen LogP contribution < -0.4 is 10.1 Å². The summed E-state index contributed by atoms with van der Waals surface area (Å²) in [7, 11) is 3.41. The van der Waals surface area contributed by atoms with E-state index < -0.39 is 0 Å². The number of H-pyrrole nitrogens is 1. The van der Waals surface area contributed by atoms with E-state index in [2.05, 4.69) is 30.2 Å². The number of aromatic amines is 1. The smallest absolute Gasteiger partial charge is 0.228 e. The molecule has 0 saturated carbocycles. The van der Waals surface area contributed by atoms with Crippen LogP contribution in [0.5, 0.6) is 5.88 Å². The van der Waals surface area contributed by atoms with Crippen LogP contribution in [0.25, 0.3) is 33.2 Å². The zero-order valence-corrected chi connectivity index (χ0v) is 16.7. The molecular weight excluding hydrogens is 382 g/mol. The summed E-state index contributed by atoms with van der Waals surface area (Å²) in [5.41, 5.74) is 4.25. The van der Waals surface area contributed by atoms with Gasteiger partial charge in [0.15, 0.2) is 0 Å². The fourth-order valence-electron chi connectivity index (χ4n) is 3.88. The number of carbonyl (C=O) groups excluding carboxylic acids is 1. The Labute approximate surface area is 172 Å². The van der Waals surface area contributed by atoms with Gasteiger partial charge in [-0.25, -0.2) is 0 Å². The summed E-state index contributed by atoms with van der Waals surface area (Å²) in [5.74, 6) is 1.12. The van der Waals surface area contributed by atoms with Crippen LogP contribution in [0, 0.1) is 0 Å². The third kappa shape index (κ3) is 3.18. The van der Waals surface area contributed by atoms with Crippen molar-refractivity contribution in [2.24, 2.45) is 0 Å². The van der Waals surface area contributed by atoms with E-state index >= 15 is 0 Å². The van der Waals surface area contributed by atoms with Gasteiger partial charge in [0.25, 0.3) is 0 Å². The highest BCUT2D eigenvalue weighted by atomic mass is 16.5. The third-order valence-corrected chi connectivity index (χ3v) is 5.43. The predicted molar refractivity (Wildman–Crippen MR) is 113 cm³/mol. The van der Waals surface area contributed by atoms with Crippen LogP contribution in [-0.2, 0) is 4.79 Å². The summed E-state index contributed by atoms with van der Waals surface area (Å²) in [4.78, 5) is 34.6. The van der Waals surface area contributed by atoms with Gasteiger partial charge in [-0.15, -0.1) is 0 Å². The van der Waals surface area contributed by atoms with E-state index in [1.54, 1.807) is 24.4 Å². The van der Waals surface area contributed by atoms with Crippen LogP contribution >= 0.6 is 0 Å². The summed E-state index contributed by atoms with van der Waals surface area (Å²) in [6.45, 7) is 0.622. The fraction of sp³-hybridized carbons (Fsp3) is 0.286. The number of nitrogens with one attached hydrogen (secondary N) is 2. The maximum atomic E-state index is 11.7. The normalized spacial score (nSPS) is 16.9. The topological polar surface area (TPSA) is 109 Å². The minimum atomic E-state index is 0.100. The number of carbonyl (C=O) groups is 1. The van der Waals surface area contributed by atoms with Crippen LogP contribution in [-0.4, -0.2) is 62.5 Å². The summed E-state index contributed by atoms with van der Waals surface area (Å²) < 4.78 is 5.60. The minimum absolute atomic E-state index is 0.100. The molecule has 30 heavy (non-hydrogen) atoms. The number of benzene rings is 1. The number of rotatable bonds is 4. The Morgan fingerprint density at radius 2 is 2.03 bits per heavy atom. The van der Waals surface area contributed by atoms with E-state index in [0.717, 1.165) is 34.0 Å². The van der Waals surface area contributed by atoms with Gasteiger partial charge in [0, 0.05) is 50.2 Å². The Hall–Kier alpha value is -3.75. The molecule has 1 aromatic carbocycles. The standard InChI is InChI=1S/C21H21N7O2/c1-28-11-13(4-6-17(28)29)25-21-26-19-18(20(27-21)30-2)14(10-24-19)12-3-5-15-16(9-12)23-8-7-22-15/h3,5,7-10,13H,4,6,11H2,1-2H3,(H2,24,25,26,27)/t13-/m1/s1. The van der Waals surface area contributed by atoms with E-state index in [1.165, 1.54) is 0 Å². The maximum absolute atomic E-state index is 11.7. The number of amides is 1. The lowest BCUT2D eigenvalue weighted by molar-refractivity contribution is -0.132. The van der Waals surface area contributed by atoms with Crippen LogP contribution in [0.15, 0.2) is 36.8 Å². The summed E-state index contributed by atoms with van der Waals surface area (Å²) >= 11 is 0. The first-order valence-electron chi connectivity index (χ1n) is 9.77. The average Bonchev–Trinajstić information content (AvgIpc) is 3.19. The van der Waals surface area contributed by atoms with Gasteiger partial charge in [-0.3, -0.25) is 14.8 Å². The molecular formula is C21H21N7O2. The lowest BCUT2D eigenvalue weighted by atomic mass is 10.1. The van der Waals surface area contributed by atoms with Crippen LogP contribution in [0.1, 0.15) is 12.8 Å². The molecule has 1 aliphatic heterocycles. The molecule has 5 rings (SSSR count). The molecule has 0 spiro atoms. The van der Waals surface area contributed by atoms with E-state index in [0.29, 0.717) is 30.4 Å². The predicted octanol–water partition coefficient (Wildman–Crippen LogP) is 2.61. The number of hydrogen-bond donors (Lipinski definition) is 2. The van der Waals surface area contributed by atoms with E-state index in [4.69, 9.17) is 4.74 Å². The molecule has 4 heterocycles.